The second-order valence-corrected chi connectivity index (χ2v) is 4.17. The number of nitrogens with one attached hydrogen (secondary N) is 2. The van der Waals surface area contributed by atoms with E-state index in [2.05, 4.69) is 35.6 Å². The monoisotopic (exact) mass is 272 g/mol. The summed E-state index contributed by atoms with van der Waals surface area (Å²) < 4.78 is 1.53. The molecule has 102 valence electrons. The molecule has 9 nitrogen and oxygen atoms in total. The van der Waals surface area contributed by atoms with E-state index in [4.69, 9.17) is 0 Å². The minimum absolute atomic E-state index is 0.202. The van der Waals surface area contributed by atoms with Crippen LogP contribution in [-0.4, -0.2) is 47.2 Å². The maximum Gasteiger partial charge on any atom is 0.254 e. The van der Waals surface area contributed by atoms with Crippen molar-refractivity contribution in [2.45, 2.75) is 13.3 Å². The largest absolute Gasteiger partial charge is 0.351 e. The predicted octanol–water partition coefficient (Wildman–Crippen LogP) is -0.477. The minimum atomic E-state index is -0.202. The molecule has 0 atom stereocenters. The second kappa shape index (κ2) is 5.03. The van der Waals surface area contributed by atoms with Gasteiger partial charge in [-0.15, -0.1) is 0 Å². The molecule has 2 N–H and O–H groups in total. The number of aromatic amines is 1. The molecule has 0 radical (unpaired) electrons. The van der Waals surface area contributed by atoms with Gasteiger partial charge in [-0.1, -0.05) is 0 Å². The van der Waals surface area contributed by atoms with E-state index in [9.17, 15) is 4.79 Å². The number of hydrogen-bond donors (Lipinski definition) is 2. The molecular formula is C11H12N8O. The summed E-state index contributed by atoms with van der Waals surface area (Å²) in [7, 11) is 0. The molecule has 1 amide bonds. The number of fused-ring (bicyclic) bond motifs is 1. The Hall–Kier alpha value is -2.84. The van der Waals surface area contributed by atoms with Crippen LogP contribution in [0.3, 0.4) is 0 Å². The van der Waals surface area contributed by atoms with E-state index >= 15 is 0 Å². The fourth-order valence-electron chi connectivity index (χ4n) is 1.85. The smallest absolute Gasteiger partial charge is 0.254 e. The average molecular weight is 272 g/mol. The summed E-state index contributed by atoms with van der Waals surface area (Å²) in [5.74, 6) is 1.000. The first-order valence-electron chi connectivity index (χ1n) is 6.03. The van der Waals surface area contributed by atoms with Gasteiger partial charge in [0.15, 0.2) is 0 Å². The van der Waals surface area contributed by atoms with E-state index < -0.39 is 0 Å². The van der Waals surface area contributed by atoms with Crippen LogP contribution in [0.1, 0.15) is 21.9 Å². The summed E-state index contributed by atoms with van der Waals surface area (Å²) in [6.07, 6.45) is 4.93. The number of carbonyl (C=O) groups excluding carboxylic acids is 1. The Balaban J connectivity index is 1.70. The molecule has 0 aliphatic carbocycles. The molecule has 0 unspecified atom stereocenters. The SMILES string of the molecule is Cc1c(C(=O)NCCc2ncn[nH]2)cnc2ncnn12. The van der Waals surface area contributed by atoms with E-state index in [-0.39, 0.29) is 5.91 Å². The molecule has 0 saturated carbocycles. The van der Waals surface area contributed by atoms with Crippen LogP contribution in [0, 0.1) is 6.92 Å². The van der Waals surface area contributed by atoms with Gasteiger partial charge in [0.2, 0.25) is 0 Å². The maximum absolute atomic E-state index is 12.1. The van der Waals surface area contributed by atoms with Gasteiger partial charge in [-0.2, -0.15) is 15.2 Å². The van der Waals surface area contributed by atoms with Crippen molar-refractivity contribution in [2.75, 3.05) is 6.54 Å². The van der Waals surface area contributed by atoms with Gasteiger partial charge in [0.1, 0.15) is 18.5 Å². The summed E-state index contributed by atoms with van der Waals surface area (Å²) >= 11 is 0. The minimum Gasteiger partial charge on any atom is -0.351 e. The van der Waals surface area contributed by atoms with Crippen LogP contribution in [0.25, 0.3) is 5.78 Å². The first kappa shape index (κ1) is 12.2. The number of nitrogens with zero attached hydrogens (tertiary/aromatic N) is 6. The van der Waals surface area contributed by atoms with Crippen molar-refractivity contribution in [2.24, 2.45) is 0 Å². The second-order valence-electron chi connectivity index (χ2n) is 4.17. The zero-order valence-electron chi connectivity index (χ0n) is 10.7. The molecule has 0 fully saturated rings. The summed E-state index contributed by atoms with van der Waals surface area (Å²) in [4.78, 5) is 24.1. The molecule has 3 rings (SSSR count). The lowest BCUT2D eigenvalue weighted by Gasteiger charge is -2.07. The van der Waals surface area contributed by atoms with Gasteiger partial charge in [-0.05, 0) is 6.92 Å². The predicted molar refractivity (Wildman–Crippen MR) is 67.9 cm³/mol. The molecule has 9 heteroatoms. The molecule has 0 spiro atoms. The highest BCUT2D eigenvalue weighted by Gasteiger charge is 2.13. The molecule has 3 aromatic rings. The highest BCUT2D eigenvalue weighted by Crippen LogP contribution is 2.07. The summed E-state index contributed by atoms with van der Waals surface area (Å²) in [6, 6.07) is 0. The number of aromatic nitrogens is 7. The van der Waals surface area contributed by atoms with Crippen LogP contribution in [0.4, 0.5) is 0 Å². The Kier molecular flexibility index (Phi) is 3.07. The zero-order valence-corrected chi connectivity index (χ0v) is 10.7. The highest BCUT2D eigenvalue weighted by molar-refractivity contribution is 5.95. The molecule has 3 heterocycles. The van der Waals surface area contributed by atoms with Gasteiger partial charge in [0.05, 0.1) is 11.3 Å². The van der Waals surface area contributed by atoms with Crippen molar-refractivity contribution < 1.29 is 4.79 Å². The first-order chi connectivity index (χ1) is 9.75. The Morgan fingerprint density at radius 1 is 1.35 bits per heavy atom. The first-order valence-corrected chi connectivity index (χ1v) is 6.03. The standard InChI is InChI=1S/C11H12N8O/c1-7-8(4-13-11-15-6-17-19(7)11)10(20)12-3-2-9-14-5-16-18-9/h4-6H,2-3H2,1H3,(H,12,20)(H,14,16,18). The number of hydrogen-bond acceptors (Lipinski definition) is 6. The molecular weight excluding hydrogens is 260 g/mol. The molecule has 0 aliphatic heterocycles. The summed E-state index contributed by atoms with van der Waals surface area (Å²) in [5, 5.41) is 13.3. The average Bonchev–Trinajstić information content (AvgIpc) is 3.09. The van der Waals surface area contributed by atoms with Crippen molar-refractivity contribution >= 4 is 11.7 Å². The lowest BCUT2D eigenvalue weighted by molar-refractivity contribution is 0.0952. The number of carbonyl (C=O) groups is 1. The van der Waals surface area contributed by atoms with Crippen molar-refractivity contribution in [1.29, 1.82) is 0 Å². The molecule has 0 bridgehead atoms. The summed E-state index contributed by atoms with van der Waals surface area (Å²) in [5.41, 5.74) is 1.17. The molecule has 0 aliphatic rings. The maximum atomic E-state index is 12.1. The fourth-order valence-corrected chi connectivity index (χ4v) is 1.85. The van der Waals surface area contributed by atoms with Crippen LogP contribution in [0.5, 0.6) is 0 Å². The highest BCUT2D eigenvalue weighted by atomic mass is 16.1. The Labute approximate surface area is 113 Å². The van der Waals surface area contributed by atoms with Crippen LogP contribution < -0.4 is 5.32 Å². The van der Waals surface area contributed by atoms with Gasteiger partial charge >= 0.3 is 0 Å². The normalized spacial score (nSPS) is 10.8. The van der Waals surface area contributed by atoms with Gasteiger partial charge in [0, 0.05) is 19.2 Å². The number of H-pyrrole nitrogens is 1. The third kappa shape index (κ3) is 2.20. The van der Waals surface area contributed by atoms with Crippen LogP contribution in [-0.2, 0) is 6.42 Å². The van der Waals surface area contributed by atoms with Crippen molar-refractivity contribution in [3.8, 4) is 0 Å². The third-order valence-electron chi connectivity index (χ3n) is 2.90. The Bertz CT molecular complexity index is 732. The van der Waals surface area contributed by atoms with Gasteiger partial charge < -0.3 is 5.32 Å². The molecule has 3 aromatic heterocycles. The van der Waals surface area contributed by atoms with E-state index in [1.54, 1.807) is 6.92 Å². The fraction of sp³-hybridized carbons (Fsp3) is 0.273. The number of rotatable bonds is 4. The van der Waals surface area contributed by atoms with E-state index in [1.807, 2.05) is 0 Å². The molecule has 0 aromatic carbocycles. The number of aryl methyl sites for hydroxylation is 1. The Morgan fingerprint density at radius 2 is 2.25 bits per heavy atom. The van der Waals surface area contributed by atoms with Crippen LogP contribution >= 0.6 is 0 Å². The van der Waals surface area contributed by atoms with Crippen molar-refractivity contribution in [3.63, 3.8) is 0 Å². The number of amides is 1. The topological polar surface area (TPSA) is 114 Å². The van der Waals surface area contributed by atoms with Crippen LogP contribution in [0.2, 0.25) is 0 Å². The van der Waals surface area contributed by atoms with Crippen molar-refractivity contribution in [1.82, 2.24) is 40.1 Å². The third-order valence-corrected chi connectivity index (χ3v) is 2.90. The quantitative estimate of drug-likeness (QED) is 0.663. The zero-order chi connectivity index (χ0) is 13.9. The molecule has 20 heavy (non-hydrogen) atoms. The molecule has 0 saturated heterocycles. The van der Waals surface area contributed by atoms with Gasteiger partial charge in [-0.25, -0.2) is 14.5 Å². The lowest BCUT2D eigenvalue weighted by Crippen LogP contribution is -2.27. The Morgan fingerprint density at radius 3 is 3.05 bits per heavy atom. The van der Waals surface area contributed by atoms with E-state index in [0.29, 0.717) is 30.0 Å². The van der Waals surface area contributed by atoms with Crippen molar-refractivity contribution in [3.05, 3.63) is 35.9 Å². The van der Waals surface area contributed by atoms with Gasteiger partial charge in [-0.3, -0.25) is 9.89 Å². The van der Waals surface area contributed by atoms with E-state index in [0.717, 1.165) is 5.82 Å². The van der Waals surface area contributed by atoms with Crippen LogP contribution in [0.15, 0.2) is 18.9 Å². The van der Waals surface area contributed by atoms with E-state index in [1.165, 1.54) is 23.4 Å². The van der Waals surface area contributed by atoms with Gasteiger partial charge in [0.25, 0.3) is 11.7 Å². The lowest BCUT2D eigenvalue weighted by atomic mass is 10.2. The summed E-state index contributed by atoms with van der Waals surface area (Å²) in [6.45, 7) is 2.26.